The van der Waals surface area contributed by atoms with Gasteiger partial charge in [-0.25, -0.2) is 0 Å². The van der Waals surface area contributed by atoms with Crippen LogP contribution in [-0.4, -0.2) is 5.78 Å². The lowest BCUT2D eigenvalue weighted by molar-refractivity contribution is 0.101. The van der Waals surface area contributed by atoms with E-state index >= 15 is 0 Å². The lowest BCUT2D eigenvalue weighted by atomic mass is 10.1. The van der Waals surface area contributed by atoms with Gasteiger partial charge in [-0.3, -0.25) is 4.79 Å². The number of ketones is 1. The van der Waals surface area contributed by atoms with E-state index in [1.54, 1.807) is 6.92 Å². The highest BCUT2D eigenvalue weighted by atomic mass is 16.1. The van der Waals surface area contributed by atoms with Crippen molar-refractivity contribution in [1.82, 2.24) is 0 Å². The topological polar surface area (TPSA) is 17.1 Å². The van der Waals surface area contributed by atoms with Crippen LogP contribution in [0.1, 0.15) is 55.5 Å². The summed E-state index contributed by atoms with van der Waals surface area (Å²) < 4.78 is 0. The third-order valence-corrected chi connectivity index (χ3v) is 2.60. The molecule has 1 rings (SSSR count). The SMILES string of the molecule is CCCCCC=Cc1ccc(C(C)=O)cc1. The summed E-state index contributed by atoms with van der Waals surface area (Å²) in [6.45, 7) is 3.81. The average molecular weight is 216 g/mol. The van der Waals surface area contributed by atoms with E-state index in [0.29, 0.717) is 0 Å². The van der Waals surface area contributed by atoms with Crippen LogP contribution >= 0.6 is 0 Å². The van der Waals surface area contributed by atoms with E-state index in [2.05, 4.69) is 19.1 Å². The molecule has 0 amide bonds. The fourth-order valence-corrected chi connectivity index (χ4v) is 1.56. The number of hydrogen-bond acceptors (Lipinski definition) is 1. The Hall–Kier alpha value is -1.37. The maximum absolute atomic E-state index is 11.1. The normalized spacial score (nSPS) is 10.9. The van der Waals surface area contributed by atoms with Crippen molar-refractivity contribution in [3.05, 3.63) is 41.5 Å². The van der Waals surface area contributed by atoms with Crippen LogP contribution in [0.15, 0.2) is 30.3 Å². The minimum absolute atomic E-state index is 0.124. The largest absolute Gasteiger partial charge is 0.295 e. The monoisotopic (exact) mass is 216 g/mol. The van der Waals surface area contributed by atoms with Gasteiger partial charge in [-0.1, -0.05) is 56.2 Å². The Morgan fingerprint density at radius 1 is 1.19 bits per heavy atom. The van der Waals surface area contributed by atoms with Crippen LogP contribution in [-0.2, 0) is 0 Å². The molecule has 0 aromatic heterocycles. The van der Waals surface area contributed by atoms with Crippen molar-refractivity contribution < 1.29 is 4.79 Å². The molecule has 1 aromatic carbocycles. The average Bonchev–Trinajstić information content (AvgIpc) is 2.29. The highest BCUT2D eigenvalue weighted by molar-refractivity contribution is 5.94. The van der Waals surface area contributed by atoms with E-state index in [1.807, 2.05) is 24.3 Å². The van der Waals surface area contributed by atoms with Crippen molar-refractivity contribution in [3.63, 3.8) is 0 Å². The minimum atomic E-state index is 0.124. The zero-order valence-electron chi connectivity index (χ0n) is 10.2. The van der Waals surface area contributed by atoms with Gasteiger partial charge in [0.1, 0.15) is 0 Å². The van der Waals surface area contributed by atoms with Gasteiger partial charge in [-0.05, 0) is 25.3 Å². The van der Waals surface area contributed by atoms with Gasteiger partial charge in [0.25, 0.3) is 0 Å². The number of carbonyl (C=O) groups is 1. The van der Waals surface area contributed by atoms with Crippen LogP contribution in [0.25, 0.3) is 6.08 Å². The molecule has 0 spiro atoms. The Bertz CT molecular complexity index is 346. The van der Waals surface area contributed by atoms with E-state index in [9.17, 15) is 4.79 Å². The number of hydrogen-bond donors (Lipinski definition) is 0. The van der Waals surface area contributed by atoms with Crippen molar-refractivity contribution >= 4 is 11.9 Å². The molecule has 16 heavy (non-hydrogen) atoms. The molecule has 0 aliphatic heterocycles. The number of benzene rings is 1. The predicted molar refractivity (Wildman–Crippen MR) is 69.6 cm³/mol. The van der Waals surface area contributed by atoms with Gasteiger partial charge in [-0.2, -0.15) is 0 Å². The number of unbranched alkanes of at least 4 members (excludes halogenated alkanes) is 3. The maximum Gasteiger partial charge on any atom is 0.159 e. The van der Waals surface area contributed by atoms with Crippen molar-refractivity contribution in [2.24, 2.45) is 0 Å². The summed E-state index contributed by atoms with van der Waals surface area (Å²) in [4.78, 5) is 11.1. The molecular formula is C15H20O. The first kappa shape index (κ1) is 12.7. The van der Waals surface area contributed by atoms with E-state index in [1.165, 1.54) is 24.8 Å². The van der Waals surface area contributed by atoms with Crippen molar-refractivity contribution in [3.8, 4) is 0 Å². The highest BCUT2D eigenvalue weighted by Crippen LogP contribution is 2.08. The highest BCUT2D eigenvalue weighted by Gasteiger charge is 1.96. The van der Waals surface area contributed by atoms with E-state index in [-0.39, 0.29) is 5.78 Å². The molecule has 0 fully saturated rings. The smallest absolute Gasteiger partial charge is 0.159 e. The molecule has 0 aliphatic rings. The van der Waals surface area contributed by atoms with E-state index < -0.39 is 0 Å². The van der Waals surface area contributed by atoms with Gasteiger partial charge >= 0.3 is 0 Å². The van der Waals surface area contributed by atoms with Crippen LogP contribution in [0.4, 0.5) is 0 Å². The first-order valence-electron chi connectivity index (χ1n) is 6.01. The van der Waals surface area contributed by atoms with Crippen LogP contribution in [0.5, 0.6) is 0 Å². The van der Waals surface area contributed by atoms with Crippen LogP contribution in [0.2, 0.25) is 0 Å². The zero-order chi connectivity index (χ0) is 11.8. The van der Waals surface area contributed by atoms with Crippen LogP contribution in [0, 0.1) is 0 Å². The molecule has 0 heterocycles. The maximum atomic E-state index is 11.1. The van der Waals surface area contributed by atoms with Gasteiger partial charge < -0.3 is 0 Å². The summed E-state index contributed by atoms with van der Waals surface area (Å²) in [5.74, 6) is 0.124. The van der Waals surface area contributed by atoms with Gasteiger partial charge in [0.2, 0.25) is 0 Å². The van der Waals surface area contributed by atoms with E-state index in [4.69, 9.17) is 0 Å². The summed E-state index contributed by atoms with van der Waals surface area (Å²) in [5.41, 5.74) is 1.95. The quantitative estimate of drug-likeness (QED) is 0.506. The van der Waals surface area contributed by atoms with E-state index in [0.717, 1.165) is 12.0 Å². The summed E-state index contributed by atoms with van der Waals surface area (Å²) in [6, 6.07) is 7.75. The fourth-order valence-electron chi connectivity index (χ4n) is 1.56. The zero-order valence-corrected chi connectivity index (χ0v) is 10.2. The summed E-state index contributed by atoms with van der Waals surface area (Å²) in [6.07, 6.45) is 9.30. The molecule has 0 unspecified atom stereocenters. The molecule has 0 radical (unpaired) electrons. The molecule has 0 saturated heterocycles. The third kappa shape index (κ3) is 4.43. The minimum Gasteiger partial charge on any atom is -0.295 e. The van der Waals surface area contributed by atoms with Gasteiger partial charge in [0.15, 0.2) is 5.78 Å². The molecule has 1 heteroatoms. The Morgan fingerprint density at radius 2 is 1.88 bits per heavy atom. The van der Waals surface area contributed by atoms with Crippen LogP contribution < -0.4 is 0 Å². The summed E-state index contributed by atoms with van der Waals surface area (Å²) >= 11 is 0. The Labute approximate surface area is 98.2 Å². The summed E-state index contributed by atoms with van der Waals surface area (Å²) in [7, 11) is 0. The lowest BCUT2D eigenvalue weighted by Gasteiger charge is -1.97. The standard InChI is InChI=1S/C15H20O/c1-3-4-5-6-7-8-14-9-11-15(12-10-14)13(2)16/h7-12H,3-6H2,1-2H3. The van der Waals surface area contributed by atoms with Crippen molar-refractivity contribution in [2.45, 2.75) is 39.5 Å². The lowest BCUT2D eigenvalue weighted by Crippen LogP contribution is -1.90. The molecule has 86 valence electrons. The first-order valence-corrected chi connectivity index (χ1v) is 6.01. The number of allylic oxidation sites excluding steroid dienone is 1. The van der Waals surface area contributed by atoms with Crippen molar-refractivity contribution in [2.75, 3.05) is 0 Å². The molecule has 0 N–H and O–H groups in total. The molecule has 0 saturated carbocycles. The molecule has 1 nitrogen and oxygen atoms in total. The fraction of sp³-hybridized carbons (Fsp3) is 0.400. The molecule has 1 aromatic rings. The first-order chi connectivity index (χ1) is 7.74. The Kier molecular flexibility index (Phi) is 5.55. The van der Waals surface area contributed by atoms with Crippen molar-refractivity contribution in [1.29, 1.82) is 0 Å². The second-order valence-corrected chi connectivity index (χ2v) is 4.08. The molecule has 0 atom stereocenters. The molecule has 0 bridgehead atoms. The second-order valence-electron chi connectivity index (χ2n) is 4.08. The molecular weight excluding hydrogens is 196 g/mol. The number of rotatable bonds is 6. The van der Waals surface area contributed by atoms with Crippen LogP contribution in [0.3, 0.4) is 0 Å². The number of carbonyl (C=O) groups excluding carboxylic acids is 1. The second kappa shape index (κ2) is 7.00. The Balaban J connectivity index is 2.45. The number of Topliss-reactive ketones (excluding diaryl/α,β-unsaturated/α-hetero) is 1. The van der Waals surface area contributed by atoms with Gasteiger partial charge in [0.05, 0.1) is 0 Å². The molecule has 0 aliphatic carbocycles. The third-order valence-electron chi connectivity index (χ3n) is 2.60. The van der Waals surface area contributed by atoms with Gasteiger partial charge in [-0.15, -0.1) is 0 Å². The van der Waals surface area contributed by atoms with Gasteiger partial charge in [0, 0.05) is 5.56 Å². The summed E-state index contributed by atoms with van der Waals surface area (Å²) in [5, 5.41) is 0. The predicted octanol–water partition coefficient (Wildman–Crippen LogP) is 4.48. The Morgan fingerprint density at radius 3 is 2.44 bits per heavy atom.